The third-order valence-electron chi connectivity index (χ3n) is 2.91. The number of sulfone groups is 1. The summed E-state index contributed by atoms with van der Waals surface area (Å²) in [5, 5.41) is 2.29. The van der Waals surface area contributed by atoms with Gasteiger partial charge in [-0.3, -0.25) is 0 Å². The largest absolute Gasteiger partial charge is 0.326 e. The summed E-state index contributed by atoms with van der Waals surface area (Å²) < 4.78 is 22.3. The van der Waals surface area contributed by atoms with Crippen molar-refractivity contribution in [1.82, 2.24) is 0 Å². The van der Waals surface area contributed by atoms with E-state index in [2.05, 4.69) is 12.1 Å². The van der Waals surface area contributed by atoms with Crippen LogP contribution in [0.3, 0.4) is 0 Å². The minimum atomic E-state index is -2.90. The van der Waals surface area contributed by atoms with Crippen molar-refractivity contribution in [3.63, 3.8) is 0 Å². The summed E-state index contributed by atoms with van der Waals surface area (Å²) in [7, 11) is -2.90. The van der Waals surface area contributed by atoms with E-state index in [0.717, 1.165) is 21.2 Å². The average molecular weight is 295 g/mol. The van der Waals surface area contributed by atoms with Gasteiger partial charge in [0, 0.05) is 23.4 Å². The molecule has 2 aromatic carbocycles. The van der Waals surface area contributed by atoms with Crippen molar-refractivity contribution in [2.24, 2.45) is 5.73 Å². The second-order valence-electron chi connectivity index (χ2n) is 4.45. The molecule has 0 amide bonds. The lowest BCUT2D eigenvalue weighted by molar-refractivity contribution is 0.603. The highest BCUT2D eigenvalue weighted by Crippen LogP contribution is 2.30. The Kier molecular flexibility index (Phi) is 4.50. The molecule has 5 heteroatoms. The lowest BCUT2D eigenvalue weighted by atomic mass is 10.0. The van der Waals surface area contributed by atoms with E-state index in [1.165, 1.54) is 6.26 Å². The third-order valence-corrected chi connectivity index (χ3v) is 5.19. The highest BCUT2D eigenvalue weighted by atomic mass is 32.2. The minimum absolute atomic E-state index is 0.199. The highest BCUT2D eigenvalue weighted by molar-refractivity contribution is 8.00. The second-order valence-corrected chi connectivity index (χ2v) is 7.85. The predicted octanol–water partition coefficient (Wildman–Crippen LogP) is 2.44. The molecule has 0 unspecified atom stereocenters. The highest BCUT2D eigenvalue weighted by Gasteiger charge is 2.07. The molecule has 2 aromatic rings. The summed E-state index contributed by atoms with van der Waals surface area (Å²) >= 11 is 1.58. The summed E-state index contributed by atoms with van der Waals surface area (Å²) in [6.07, 6.45) is 1.27. The van der Waals surface area contributed by atoms with Crippen molar-refractivity contribution >= 4 is 32.4 Å². The number of hydrogen-bond donors (Lipinski definition) is 1. The molecule has 102 valence electrons. The zero-order valence-electron chi connectivity index (χ0n) is 10.8. The summed E-state index contributed by atoms with van der Waals surface area (Å²) in [6, 6.07) is 12.1. The van der Waals surface area contributed by atoms with Crippen LogP contribution < -0.4 is 5.73 Å². The van der Waals surface area contributed by atoms with E-state index in [9.17, 15) is 8.42 Å². The number of fused-ring (bicyclic) bond motifs is 1. The zero-order chi connectivity index (χ0) is 13.9. The number of thioether (sulfide) groups is 1. The van der Waals surface area contributed by atoms with Crippen molar-refractivity contribution in [2.75, 3.05) is 17.8 Å². The monoisotopic (exact) mass is 295 g/mol. The van der Waals surface area contributed by atoms with Gasteiger partial charge in [0.2, 0.25) is 0 Å². The van der Waals surface area contributed by atoms with Gasteiger partial charge < -0.3 is 5.73 Å². The molecule has 0 aliphatic heterocycles. The van der Waals surface area contributed by atoms with E-state index in [0.29, 0.717) is 12.3 Å². The minimum Gasteiger partial charge on any atom is -0.326 e. The van der Waals surface area contributed by atoms with Crippen LogP contribution in [-0.4, -0.2) is 26.2 Å². The van der Waals surface area contributed by atoms with Crippen LogP contribution in [-0.2, 0) is 16.4 Å². The normalized spacial score (nSPS) is 11.9. The first-order chi connectivity index (χ1) is 9.01. The van der Waals surface area contributed by atoms with Crippen molar-refractivity contribution in [2.45, 2.75) is 11.4 Å². The lowest BCUT2D eigenvalue weighted by Crippen LogP contribution is -2.05. The zero-order valence-corrected chi connectivity index (χ0v) is 12.4. The fraction of sp³-hybridized carbons (Fsp3) is 0.286. The van der Waals surface area contributed by atoms with Gasteiger partial charge in [0.1, 0.15) is 9.84 Å². The Labute approximate surface area is 118 Å². The maximum Gasteiger partial charge on any atom is 0.148 e. The molecule has 0 fully saturated rings. The van der Waals surface area contributed by atoms with Gasteiger partial charge in [0.05, 0.1) is 5.75 Å². The van der Waals surface area contributed by atoms with Gasteiger partial charge in [-0.1, -0.05) is 30.3 Å². The molecule has 0 heterocycles. The van der Waals surface area contributed by atoms with E-state index in [-0.39, 0.29) is 5.75 Å². The number of benzene rings is 2. The molecule has 0 atom stereocenters. The van der Waals surface area contributed by atoms with Gasteiger partial charge in [-0.2, -0.15) is 0 Å². The molecule has 2 N–H and O–H groups in total. The smallest absolute Gasteiger partial charge is 0.148 e. The molecule has 0 bridgehead atoms. The molecule has 0 radical (unpaired) electrons. The SMILES string of the molecule is CS(=O)(=O)CCSc1ccc(CN)c2ccccc12. The first-order valence-electron chi connectivity index (χ1n) is 6.02. The average Bonchev–Trinajstić information content (AvgIpc) is 2.37. The fourth-order valence-corrected chi connectivity index (χ4v) is 4.20. The van der Waals surface area contributed by atoms with Gasteiger partial charge in [0.15, 0.2) is 0 Å². The molecule has 2 rings (SSSR count). The number of hydrogen-bond acceptors (Lipinski definition) is 4. The number of nitrogens with two attached hydrogens (primary N) is 1. The Morgan fingerprint density at radius 2 is 1.79 bits per heavy atom. The second kappa shape index (κ2) is 5.94. The molecule has 0 saturated heterocycles. The van der Waals surface area contributed by atoms with Gasteiger partial charge >= 0.3 is 0 Å². The Balaban J connectivity index is 2.29. The molecule has 3 nitrogen and oxygen atoms in total. The van der Waals surface area contributed by atoms with Gasteiger partial charge in [-0.05, 0) is 22.4 Å². The van der Waals surface area contributed by atoms with Crippen LogP contribution >= 0.6 is 11.8 Å². The van der Waals surface area contributed by atoms with Crippen LogP contribution in [0.25, 0.3) is 10.8 Å². The van der Waals surface area contributed by atoms with Crippen LogP contribution in [0.2, 0.25) is 0 Å². The van der Waals surface area contributed by atoms with E-state index < -0.39 is 9.84 Å². The maximum absolute atomic E-state index is 11.2. The standard InChI is InChI=1S/C14H17NO2S2/c1-19(16,17)9-8-18-14-7-6-11(10-15)12-4-2-3-5-13(12)14/h2-7H,8-10,15H2,1H3. The van der Waals surface area contributed by atoms with Crippen LogP contribution in [0, 0.1) is 0 Å². The Morgan fingerprint density at radius 1 is 1.11 bits per heavy atom. The molecule has 0 aliphatic carbocycles. The summed E-state index contributed by atoms with van der Waals surface area (Å²) in [5.41, 5.74) is 6.85. The molecular formula is C14H17NO2S2. The molecule has 0 aliphatic rings. The van der Waals surface area contributed by atoms with E-state index in [4.69, 9.17) is 5.73 Å². The van der Waals surface area contributed by atoms with E-state index in [1.807, 2.05) is 24.3 Å². The quantitative estimate of drug-likeness (QED) is 0.861. The Hall–Kier alpha value is -1.04. The van der Waals surface area contributed by atoms with Crippen molar-refractivity contribution in [3.8, 4) is 0 Å². The van der Waals surface area contributed by atoms with Gasteiger partial charge in [0.25, 0.3) is 0 Å². The summed E-state index contributed by atoms with van der Waals surface area (Å²) in [5.74, 6) is 0.773. The molecular weight excluding hydrogens is 278 g/mol. The lowest BCUT2D eigenvalue weighted by Gasteiger charge is -2.09. The van der Waals surface area contributed by atoms with Crippen LogP contribution in [0.4, 0.5) is 0 Å². The van der Waals surface area contributed by atoms with Gasteiger partial charge in [-0.15, -0.1) is 11.8 Å². The van der Waals surface area contributed by atoms with Crippen LogP contribution in [0.5, 0.6) is 0 Å². The summed E-state index contributed by atoms with van der Waals surface area (Å²) in [6.45, 7) is 0.509. The van der Waals surface area contributed by atoms with Gasteiger partial charge in [-0.25, -0.2) is 8.42 Å². The van der Waals surface area contributed by atoms with Crippen LogP contribution in [0.15, 0.2) is 41.3 Å². The first kappa shape index (κ1) is 14.4. The number of rotatable bonds is 5. The Morgan fingerprint density at radius 3 is 2.42 bits per heavy atom. The topological polar surface area (TPSA) is 60.2 Å². The maximum atomic E-state index is 11.2. The summed E-state index contributed by atoms with van der Waals surface area (Å²) in [4.78, 5) is 1.11. The van der Waals surface area contributed by atoms with Crippen molar-refractivity contribution in [3.05, 3.63) is 42.0 Å². The molecule has 0 spiro atoms. The van der Waals surface area contributed by atoms with Crippen molar-refractivity contribution < 1.29 is 8.42 Å². The predicted molar refractivity (Wildman–Crippen MR) is 82.3 cm³/mol. The van der Waals surface area contributed by atoms with E-state index in [1.54, 1.807) is 11.8 Å². The first-order valence-corrected chi connectivity index (χ1v) is 9.07. The molecule has 19 heavy (non-hydrogen) atoms. The molecule has 0 aromatic heterocycles. The third kappa shape index (κ3) is 3.72. The van der Waals surface area contributed by atoms with Crippen molar-refractivity contribution in [1.29, 1.82) is 0 Å². The van der Waals surface area contributed by atoms with Crippen LogP contribution in [0.1, 0.15) is 5.56 Å². The Bertz CT molecular complexity index is 681. The molecule has 0 saturated carbocycles. The van der Waals surface area contributed by atoms with E-state index >= 15 is 0 Å². The fourth-order valence-electron chi connectivity index (χ4n) is 1.94.